The summed E-state index contributed by atoms with van der Waals surface area (Å²) >= 11 is 0. The normalized spacial score (nSPS) is 13.6. The van der Waals surface area contributed by atoms with E-state index in [1.807, 2.05) is 19.1 Å². The average molecular weight is 254 g/mol. The molecule has 0 aliphatic heterocycles. The molecule has 1 rings (SSSR count). The fourth-order valence-electron chi connectivity index (χ4n) is 1.75. The summed E-state index contributed by atoms with van der Waals surface area (Å²) in [5.41, 5.74) is 5.54. The molecule has 0 amide bonds. The van der Waals surface area contributed by atoms with E-state index in [9.17, 15) is 4.79 Å². The van der Waals surface area contributed by atoms with E-state index < -0.39 is 5.97 Å². The van der Waals surface area contributed by atoms with Gasteiger partial charge in [-0.2, -0.15) is 0 Å². The van der Waals surface area contributed by atoms with Gasteiger partial charge in [0.05, 0.1) is 6.42 Å². The van der Waals surface area contributed by atoms with Crippen LogP contribution in [-0.4, -0.2) is 30.2 Å². The average Bonchev–Trinajstić information content (AvgIpc) is 2.64. The highest BCUT2D eigenvalue weighted by Crippen LogP contribution is 2.24. The number of nitrogens with two attached hydrogens (primary N) is 1. The third-order valence-electron chi connectivity index (χ3n) is 2.82. The first kappa shape index (κ1) is 14.7. The van der Waals surface area contributed by atoms with E-state index in [4.69, 9.17) is 15.3 Å². The number of hydrogen-bond donors (Lipinski definition) is 3. The largest absolute Gasteiger partial charge is 0.481 e. The fourth-order valence-corrected chi connectivity index (χ4v) is 1.75. The Bertz CT molecular complexity index is 399. The molecule has 1 aromatic rings. The number of aliphatic carboxylic acids is 1. The molecule has 0 aromatic carbocycles. The molecule has 0 radical (unpaired) electrons. The summed E-state index contributed by atoms with van der Waals surface area (Å²) in [5, 5.41) is 11.8. The first-order valence-electron chi connectivity index (χ1n) is 6.06. The minimum atomic E-state index is -0.870. The minimum Gasteiger partial charge on any atom is -0.481 e. The SMILES string of the molecule is Cc1ccc(C(C)(C)CNCC(N)CC(=O)O)o1. The van der Waals surface area contributed by atoms with E-state index in [-0.39, 0.29) is 17.9 Å². The van der Waals surface area contributed by atoms with Crippen molar-refractivity contribution in [1.82, 2.24) is 5.32 Å². The van der Waals surface area contributed by atoms with Gasteiger partial charge in [0.25, 0.3) is 0 Å². The van der Waals surface area contributed by atoms with Crippen LogP contribution in [0.4, 0.5) is 0 Å². The number of aryl methyl sites for hydroxylation is 1. The zero-order chi connectivity index (χ0) is 13.8. The maximum Gasteiger partial charge on any atom is 0.304 e. The summed E-state index contributed by atoms with van der Waals surface area (Å²) in [4.78, 5) is 10.5. The molecule has 1 aromatic heterocycles. The van der Waals surface area contributed by atoms with Gasteiger partial charge in [-0.3, -0.25) is 4.79 Å². The van der Waals surface area contributed by atoms with Crippen LogP contribution in [0.5, 0.6) is 0 Å². The van der Waals surface area contributed by atoms with Gasteiger partial charge in [-0.05, 0) is 19.1 Å². The third-order valence-corrected chi connectivity index (χ3v) is 2.82. The quantitative estimate of drug-likeness (QED) is 0.681. The minimum absolute atomic E-state index is 0.0205. The van der Waals surface area contributed by atoms with Gasteiger partial charge >= 0.3 is 5.97 Å². The highest BCUT2D eigenvalue weighted by atomic mass is 16.4. The summed E-state index contributed by atoms with van der Waals surface area (Å²) < 4.78 is 5.61. The van der Waals surface area contributed by atoms with E-state index in [1.54, 1.807) is 0 Å². The van der Waals surface area contributed by atoms with Crippen molar-refractivity contribution in [2.75, 3.05) is 13.1 Å². The van der Waals surface area contributed by atoms with Crippen LogP contribution in [0.25, 0.3) is 0 Å². The molecular weight excluding hydrogens is 232 g/mol. The van der Waals surface area contributed by atoms with Gasteiger partial charge in [0.1, 0.15) is 11.5 Å². The molecule has 5 heteroatoms. The molecule has 18 heavy (non-hydrogen) atoms. The smallest absolute Gasteiger partial charge is 0.304 e. The molecule has 0 saturated carbocycles. The Kier molecular flexibility index (Phi) is 4.93. The molecule has 5 nitrogen and oxygen atoms in total. The van der Waals surface area contributed by atoms with Crippen molar-refractivity contribution in [1.29, 1.82) is 0 Å². The number of furan rings is 1. The van der Waals surface area contributed by atoms with E-state index in [0.717, 1.165) is 11.5 Å². The van der Waals surface area contributed by atoms with Crippen LogP contribution >= 0.6 is 0 Å². The molecule has 0 aliphatic carbocycles. The van der Waals surface area contributed by atoms with Gasteiger partial charge < -0.3 is 20.6 Å². The summed E-state index contributed by atoms with van der Waals surface area (Å²) in [6.45, 7) is 7.22. The Morgan fingerprint density at radius 2 is 2.22 bits per heavy atom. The van der Waals surface area contributed by atoms with E-state index in [0.29, 0.717) is 13.1 Å². The summed E-state index contributed by atoms with van der Waals surface area (Å²) in [6, 6.07) is 3.54. The van der Waals surface area contributed by atoms with Crippen LogP contribution in [0.3, 0.4) is 0 Å². The van der Waals surface area contributed by atoms with Crippen LogP contribution in [0.2, 0.25) is 0 Å². The molecule has 0 aliphatic rings. The van der Waals surface area contributed by atoms with Gasteiger partial charge in [-0.15, -0.1) is 0 Å². The monoisotopic (exact) mass is 254 g/mol. The zero-order valence-corrected chi connectivity index (χ0v) is 11.2. The van der Waals surface area contributed by atoms with E-state index in [2.05, 4.69) is 19.2 Å². The number of nitrogens with one attached hydrogen (secondary N) is 1. The van der Waals surface area contributed by atoms with Crippen molar-refractivity contribution in [2.24, 2.45) is 5.73 Å². The van der Waals surface area contributed by atoms with Crippen LogP contribution < -0.4 is 11.1 Å². The first-order chi connectivity index (χ1) is 8.31. The number of carbonyl (C=O) groups is 1. The summed E-state index contributed by atoms with van der Waals surface area (Å²) in [6.07, 6.45) is -0.0205. The van der Waals surface area contributed by atoms with Gasteiger partial charge in [0, 0.05) is 24.5 Å². The molecule has 102 valence electrons. The Morgan fingerprint density at radius 3 is 2.72 bits per heavy atom. The lowest BCUT2D eigenvalue weighted by atomic mass is 9.90. The maximum atomic E-state index is 10.5. The van der Waals surface area contributed by atoms with Crippen molar-refractivity contribution in [2.45, 2.75) is 38.6 Å². The molecule has 0 fully saturated rings. The molecule has 0 spiro atoms. The van der Waals surface area contributed by atoms with Crippen molar-refractivity contribution in [3.05, 3.63) is 23.7 Å². The predicted octanol–water partition coefficient (Wildman–Crippen LogP) is 1.26. The van der Waals surface area contributed by atoms with Gasteiger partial charge in [0.2, 0.25) is 0 Å². The fraction of sp³-hybridized carbons (Fsp3) is 0.615. The van der Waals surface area contributed by atoms with Crippen LogP contribution in [0, 0.1) is 6.92 Å². The molecule has 1 heterocycles. The number of carboxylic acid groups (broad SMARTS) is 1. The van der Waals surface area contributed by atoms with E-state index in [1.165, 1.54) is 0 Å². The Balaban J connectivity index is 2.40. The number of hydrogen-bond acceptors (Lipinski definition) is 4. The second-order valence-electron chi connectivity index (χ2n) is 5.28. The lowest BCUT2D eigenvalue weighted by Gasteiger charge is -2.23. The Morgan fingerprint density at radius 1 is 1.56 bits per heavy atom. The van der Waals surface area contributed by atoms with Crippen molar-refractivity contribution in [3.63, 3.8) is 0 Å². The highest BCUT2D eigenvalue weighted by Gasteiger charge is 2.24. The lowest BCUT2D eigenvalue weighted by molar-refractivity contribution is -0.137. The third kappa shape index (κ3) is 4.50. The van der Waals surface area contributed by atoms with Gasteiger partial charge in [-0.25, -0.2) is 0 Å². The zero-order valence-electron chi connectivity index (χ0n) is 11.2. The molecular formula is C13H22N2O3. The molecule has 1 unspecified atom stereocenters. The predicted molar refractivity (Wildman–Crippen MR) is 69.6 cm³/mol. The van der Waals surface area contributed by atoms with Gasteiger partial charge in [0.15, 0.2) is 0 Å². The van der Waals surface area contributed by atoms with Crippen molar-refractivity contribution < 1.29 is 14.3 Å². The molecule has 1 atom stereocenters. The van der Waals surface area contributed by atoms with Gasteiger partial charge in [-0.1, -0.05) is 13.8 Å². The van der Waals surface area contributed by atoms with Crippen LogP contribution in [0.15, 0.2) is 16.5 Å². The lowest BCUT2D eigenvalue weighted by Crippen LogP contribution is -2.40. The standard InChI is InChI=1S/C13H22N2O3/c1-9-4-5-11(18-9)13(2,3)8-15-7-10(14)6-12(16)17/h4-5,10,15H,6-8,14H2,1-3H3,(H,16,17). The summed E-state index contributed by atoms with van der Waals surface area (Å²) in [7, 11) is 0. The second-order valence-corrected chi connectivity index (χ2v) is 5.28. The number of carboxylic acids is 1. The highest BCUT2D eigenvalue weighted by molar-refractivity contribution is 5.67. The molecule has 0 bridgehead atoms. The number of rotatable bonds is 7. The van der Waals surface area contributed by atoms with Crippen LogP contribution in [-0.2, 0) is 10.2 Å². The Labute approximate surface area is 107 Å². The van der Waals surface area contributed by atoms with Crippen molar-refractivity contribution >= 4 is 5.97 Å². The maximum absolute atomic E-state index is 10.5. The summed E-state index contributed by atoms with van der Waals surface area (Å²) in [5.74, 6) is 0.935. The second kappa shape index (κ2) is 6.02. The first-order valence-corrected chi connectivity index (χ1v) is 6.06. The Hall–Kier alpha value is -1.33. The van der Waals surface area contributed by atoms with Crippen LogP contribution in [0.1, 0.15) is 31.8 Å². The van der Waals surface area contributed by atoms with E-state index >= 15 is 0 Å². The molecule has 4 N–H and O–H groups in total. The van der Waals surface area contributed by atoms with Crippen molar-refractivity contribution in [3.8, 4) is 0 Å². The molecule has 0 saturated heterocycles. The topological polar surface area (TPSA) is 88.5 Å².